The number of nitrogens with zero attached hydrogens (tertiary/aromatic N) is 3. The quantitative estimate of drug-likeness (QED) is 0.113. The van der Waals surface area contributed by atoms with E-state index in [1.54, 1.807) is 7.11 Å². The number of carbonyl (C=O) groups excluding carboxylic acids is 4. The molecule has 2 aromatic carbocycles. The van der Waals surface area contributed by atoms with Gasteiger partial charge in [-0.25, -0.2) is 9.59 Å². The van der Waals surface area contributed by atoms with Gasteiger partial charge in [0, 0.05) is 97.5 Å². The van der Waals surface area contributed by atoms with E-state index in [-0.39, 0.29) is 24.9 Å². The molecule has 16 nitrogen and oxygen atoms in total. The fourth-order valence-corrected chi connectivity index (χ4v) is 14.3. The van der Waals surface area contributed by atoms with E-state index in [1.807, 2.05) is 89.1 Å². The van der Waals surface area contributed by atoms with Gasteiger partial charge in [-0.15, -0.1) is 0 Å². The third kappa shape index (κ3) is 7.44. The van der Waals surface area contributed by atoms with Crippen molar-refractivity contribution in [1.82, 2.24) is 20.1 Å². The standard InChI is InChI=1S/C54H71N5O11/c1-11-50(64)28-34-29-53(46(61)67-9,42-35(18-23-58(30-34)31-50)36-25-33(16-17-39(36)56-42)15-13-21-55-48(63)70-49(4,5)6)38-26-37-40(27-41(38)66-8)57(7)44-52(37)20-24-59-22-14-19-51(12-2,43(52)59)45(69-32(3)60)54(44,65)47(62)68-10/h13-17,19,25-27,34,43-45,56,64-65H,11-12,18,20-24,28-31H2,1-10H3,(H,55,63)/b15-13+/t34-,43+,44?,45-,50+,51-,52-,53+,54+/m1/s1. The number of H-pyrrole nitrogens is 1. The molecule has 2 saturated heterocycles. The number of methoxy groups -OCH3 is 3. The van der Waals surface area contributed by atoms with Gasteiger partial charge in [0.2, 0.25) is 5.60 Å². The van der Waals surface area contributed by atoms with Crippen molar-refractivity contribution in [3.63, 3.8) is 0 Å². The number of rotatable bonds is 10. The van der Waals surface area contributed by atoms with Crippen molar-refractivity contribution >= 4 is 46.7 Å². The van der Waals surface area contributed by atoms with Crippen LogP contribution >= 0.6 is 0 Å². The molecule has 1 aliphatic carbocycles. The average molecular weight is 966 g/mol. The molecular formula is C54H71N5O11. The minimum Gasteiger partial charge on any atom is -0.496 e. The maximum absolute atomic E-state index is 15.6. The topological polar surface area (TPSA) is 192 Å². The van der Waals surface area contributed by atoms with Crippen molar-refractivity contribution in [3.05, 3.63) is 76.5 Å². The number of ether oxygens (including phenoxy) is 5. The summed E-state index contributed by atoms with van der Waals surface area (Å²) in [5.74, 6) is -1.77. The monoisotopic (exact) mass is 966 g/mol. The molecule has 16 heteroatoms. The third-order valence-electron chi connectivity index (χ3n) is 16.8. The number of aromatic amines is 1. The Morgan fingerprint density at radius 1 is 0.957 bits per heavy atom. The number of amides is 1. The maximum Gasteiger partial charge on any atom is 0.407 e. The first-order chi connectivity index (χ1) is 33.2. The molecule has 6 heterocycles. The number of anilines is 1. The summed E-state index contributed by atoms with van der Waals surface area (Å²) in [7, 11) is 6.09. The molecule has 1 saturated carbocycles. The van der Waals surface area contributed by atoms with Crippen molar-refractivity contribution < 1.29 is 53.1 Å². The Morgan fingerprint density at radius 3 is 2.39 bits per heavy atom. The Kier molecular flexibility index (Phi) is 12.5. The summed E-state index contributed by atoms with van der Waals surface area (Å²) in [4.78, 5) is 66.1. The number of alkyl carbamates (subject to hydrolysis) is 1. The van der Waals surface area contributed by atoms with Crippen LogP contribution in [0, 0.1) is 11.3 Å². The van der Waals surface area contributed by atoms with Crippen LogP contribution in [0.1, 0.15) is 102 Å². The second-order valence-corrected chi connectivity index (χ2v) is 21.7. The van der Waals surface area contributed by atoms with Crippen LogP contribution in [0.25, 0.3) is 17.0 Å². The zero-order chi connectivity index (χ0) is 50.3. The first-order valence-electron chi connectivity index (χ1n) is 24.9. The van der Waals surface area contributed by atoms with Gasteiger partial charge in [0.25, 0.3) is 0 Å². The summed E-state index contributed by atoms with van der Waals surface area (Å²) in [5, 5.41) is 29.3. The number of hydrogen-bond acceptors (Lipinski definition) is 14. The number of likely N-dealkylation sites (N-methyl/N-ethyl adjacent to an activating group) is 1. The lowest BCUT2D eigenvalue weighted by Crippen LogP contribution is -2.81. The third-order valence-corrected chi connectivity index (χ3v) is 16.8. The summed E-state index contributed by atoms with van der Waals surface area (Å²) in [6, 6.07) is 8.79. The van der Waals surface area contributed by atoms with Crippen LogP contribution in [0.3, 0.4) is 0 Å². The van der Waals surface area contributed by atoms with E-state index in [2.05, 4.69) is 32.2 Å². The van der Waals surface area contributed by atoms with E-state index < -0.39 is 69.2 Å². The molecule has 9 rings (SSSR count). The number of aliphatic hydroxyl groups is 2. The highest BCUT2D eigenvalue weighted by atomic mass is 16.6. The van der Waals surface area contributed by atoms with Crippen molar-refractivity contribution in [2.45, 2.75) is 126 Å². The van der Waals surface area contributed by atoms with Crippen LogP contribution in [0.4, 0.5) is 10.5 Å². The van der Waals surface area contributed by atoms with Crippen molar-refractivity contribution in [2.24, 2.45) is 11.3 Å². The van der Waals surface area contributed by atoms with Gasteiger partial charge in [-0.1, -0.05) is 44.2 Å². The number of benzene rings is 2. The predicted molar refractivity (Wildman–Crippen MR) is 264 cm³/mol. The van der Waals surface area contributed by atoms with E-state index in [0.29, 0.717) is 87.5 Å². The van der Waals surface area contributed by atoms with E-state index >= 15 is 4.79 Å². The molecule has 10 atom stereocenters. The lowest BCUT2D eigenvalue weighted by Gasteiger charge is -2.63. The Hall–Kier alpha value is -5.42. The first kappa shape index (κ1) is 49.6. The molecule has 6 aliphatic rings. The number of nitrogens with one attached hydrogen (secondary N) is 2. The molecular weight excluding hydrogens is 895 g/mol. The largest absolute Gasteiger partial charge is 0.496 e. The van der Waals surface area contributed by atoms with Gasteiger partial charge < -0.3 is 49.1 Å². The molecule has 3 fully saturated rings. The van der Waals surface area contributed by atoms with Gasteiger partial charge in [0.15, 0.2) is 6.10 Å². The Balaban J connectivity index is 1.28. The molecule has 2 unspecified atom stereocenters. The first-order valence-corrected chi connectivity index (χ1v) is 24.9. The van der Waals surface area contributed by atoms with Crippen LogP contribution in [-0.4, -0.2) is 152 Å². The van der Waals surface area contributed by atoms with Gasteiger partial charge in [0.1, 0.15) is 16.8 Å². The number of fused-ring (bicyclic) bond motifs is 6. The van der Waals surface area contributed by atoms with Crippen molar-refractivity contribution in [3.8, 4) is 5.75 Å². The summed E-state index contributed by atoms with van der Waals surface area (Å²) >= 11 is 0. The number of piperidine rings is 1. The fourth-order valence-electron chi connectivity index (χ4n) is 14.3. The molecule has 4 N–H and O–H groups in total. The zero-order valence-electron chi connectivity index (χ0n) is 42.4. The van der Waals surface area contributed by atoms with Crippen LogP contribution in [-0.2, 0) is 50.6 Å². The van der Waals surface area contributed by atoms with Crippen molar-refractivity contribution in [2.75, 3.05) is 72.5 Å². The number of esters is 3. The lowest BCUT2D eigenvalue weighted by molar-refractivity contribution is -0.228. The van der Waals surface area contributed by atoms with Gasteiger partial charge in [0.05, 0.1) is 33.0 Å². The minimum absolute atomic E-state index is 0.167. The molecule has 5 aliphatic heterocycles. The Morgan fingerprint density at radius 2 is 1.71 bits per heavy atom. The minimum atomic E-state index is -2.34. The average Bonchev–Trinajstić information content (AvgIpc) is 3.98. The molecule has 378 valence electrons. The molecule has 2 bridgehead atoms. The maximum atomic E-state index is 15.6. The van der Waals surface area contributed by atoms with Gasteiger partial charge in [-0.05, 0) is 107 Å². The summed E-state index contributed by atoms with van der Waals surface area (Å²) < 4.78 is 29.6. The number of carbonyl (C=O) groups is 4. The van der Waals surface area contributed by atoms with Crippen LogP contribution < -0.4 is 15.0 Å². The highest BCUT2D eigenvalue weighted by Crippen LogP contribution is 2.68. The number of aromatic nitrogens is 1. The second-order valence-electron chi connectivity index (χ2n) is 21.7. The normalized spacial score (nSPS) is 33.3. The van der Waals surface area contributed by atoms with Crippen molar-refractivity contribution in [1.29, 1.82) is 0 Å². The summed E-state index contributed by atoms with van der Waals surface area (Å²) in [5.41, 5.74) is -2.04. The molecule has 70 heavy (non-hydrogen) atoms. The zero-order valence-corrected chi connectivity index (χ0v) is 42.4. The van der Waals surface area contributed by atoms with Crippen LogP contribution in [0.2, 0.25) is 0 Å². The Bertz CT molecular complexity index is 2660. The highest BCUT2D eigenvalue weighted by molar-refractivity contribution is 5.95. The van der Waals surface area contributed by atoms with E-state index in [1.165, 1.54) is 21.1 Å². The molecule has 1 aromatic heterocycles. The molecule has 3 aromatic rings. The number of hydrogen-bond donors (Lipinski definition) is 4. The summed E-state index contributed by atoms with van der Waals surface area (Å²) in [6.07, 6.45) is 8.87. The smallest absolute Gasteiger partial charge is 0.407 e. The lowest BCUT2D eigenvalue weighted by atomic mass is 9.47. The van der Waals surface area contributed by atoms with Gasteiger partial charge >= 0.3 is 24.0 Å². The molecule has 1 amide bonds. The van der Waals surface area contributed by atoms with E-state index in [4.69, 9.17) is 23.7 Å². The summed E-state index contributed by atoms with van der Waals surface area (Å²) in [6.45, 7) is 14.0. The fraction of sp³-hybridized carbons (Fsp3) is 0.593. The SMILES string of the molecule is CC[C@]1(O)C[C@H]2CN(CCc3c([nH]c4ccc(/C=C/CNC(=O)OC(C)(C)C)cc34)[C@@](C(=O)OC)(c3cc4c(cc3OC)N(C)C3[C@]45CCN4CC=C[C@@](CC)([C@@H](OC(C)=O)[C@]3(O)C(=O)OC)[C@H]45)C2)C1. The predicted octanol–water partition coefficient (Wildman–Crippen LogP) is 5.53. The van der Waals surface area contributed by atoms with Gasteiger partial charge in [-0.2, -0.15) is 0 Å². The molecule has 0 radical (unpaired) electrons. The highest BCUT2D eigenvalue weighted by Gasteiger charge is 2.80. The Labute approximate surface area is 410 Å². The van der Waals surface area contributed by atoms with E-state index in [0.717, 1.165) is 27.6 Å². The second kappa shape index (κ2) is 17.7. The van der Waals surface area contributed by atoms with E-state index in [9.17, 15) is 24.6 Å². The van der Waals surface area contributed by atoms with Crippen LogP contribution in [0.15, 0.2) is 48.6 Å². The van der Waals surface area contributed by atoms with Crippen LogP contribution in [0.5, 0.6) is 5.75 Å². The molecule has 1 spiro atoms. The van der Waals surface area contributed by atoms with Gasteiger partial charge in [-0.3, -0.25) is 19.4 Å².